The van der Waals surface area contributed by atoms with Gasteiger partial charge >= 0.3 is 6.09 Å². The molecule has 2 aromatic rings. The smallest absolute Gasteiger partial charge is 0.410 e. The molecule has 2 aromatic carbocycles. The number of carbonyl (C=O) groups is 1. The van der Waals surface area contributed by atoms with E-state index in [0.29, 0.717) is 6.54 Å². The third-order valence-electron chi connectivity index (χ3n) is 5.98. The zero-order valence-corrected chi connectivity index (χ0v) is 18.0. The number of hydrogen-bond acceptors (Lipinski definition) is 4. The predicted molar refractivity (Wildman–Crippen MR) is 118 cm³/mol. The van der Waals surface area contributed by atoms with Crippen LogP contribution in [0.2, 0.25) is 5.02 Å². The zero-order chi connectivity index (χ0) is 20.8. The van der Waals surface area contributed by atoms with Crippen LogP contribution in [-0.2, 0) is 15.9 Å². The maximum absolute atomic E-state index is 12.8. The minimum atomic E-state index is -0.213. The lowest BCUT2D eigenvalue weighted by atomic mass is 10.0. The van der Waals surface area contributed by atoms with Crippen molar-refractivity contribution in [2.45, 2.75) is 31.4 Å². The summed E-state index contributed by atoms with van der Waals surface area (Å²) in [6.45, 7) is 5.03. The van der Waals surface area contributed by atoms with Crippen LogP contribution in [0, 0.1) is 0 Å². The van der Waals surface area contributed by atoms with Gasteiger partial charge in [0.1, 0.15) is 6.10 Å². The minimum absolute atomic E-state index is 0.0202. The van der Waals surface area contributed by atoms with E-state index >= 15 is 0 Å². The summed E-state index contributed by atoms with van der Waals surface area (Å²) in [4.78, 5) is 17.1. The van der Waals surface area contributed by atoms with Crippen molar-refractivity contribution in [2.24, 2.45) is 0 Å². The van der Waals surface area contributed by atoms with Crippen LogP contribution in [0.4, 0.5) is 4.79 Å². The van der Waals surface area contributed by atoms with Gasteiger partial charge in [-0.3, -0.25) is 9.80 Å². The van der Waals surface area contributed by atoms with E-state index in [1.807, 2.05) is 47.4 Å². The van der Waals surface area contributed by atoms with Gasteiger partial charge in [0, 0.05) is 24.7 Å². The lowest BCUT2D eigenvalue weighted by Crippen LogP contribution is -2.39. The Bertz CT molecular complexity index is 826. The molecule has 0 aliphatic carbocycles. The monoisotopic (exact) mass is 428 g/mol. The Hall–Kier alpha value is -2.08. The second-order valence-electron chi connectivity index (χ2n) is 7.96. The Balaban J connectivity index is 1.41. The lowest BCUT2D eigenvalue weighted by Gasteiger charge is -2.31. The van der Waals surface area contributed by atoms with E-state index < -0.39 is 0 Å². The van der Waals surface area contributed by atoms with E-state index in [2.05, 4.69) is 17.0 Å². The molecule has 30 heavy (non-hydrogen) atoms. The summed E-state index contributed by atoms with van der Waals surface area (Å²) in [5, 5.41) is 0.770. The number of ether oxygens (including phenoxy) is 2. The van der Waals surface area contributed by atoms with E-state index in [1.165, 1.54) is 0 Å². The Morgan fingerprint density at radius 3 is 2.53 bits per heavy atom. The maximum Gasteiger partial charge on any atom is 0.410 e. The lowest BCUT2D eigenvalue weighted by molar-refractivity contribution is 0.0341. The normalized spacial score (nSPS) is 20.9. The first-order valence-electron chi connectivity index (χ1n) is 10.8. The van der Waals surface area contributed by atoms with Crippen LogP contribution >= 0.6 is 11.6 Å². The average Bonchev–Trinajstić information content (AvgIpc) is 3.15. The number of benzene rings is 2. The number of nitrogens with zero attached hydrogens (tertiary/aromatic N) is 2. The highest BCUT2D eigenvalue weighted by Crippen LogP contribution is 2.31. The van der Waals surface area contributed by atoms with Crippen LogP contribution in [-0.4, -0.2) is 61.4 Å². The summed E-state index contributed by atoms with van der Waals surface area (Å²) in [5.74, 6) is 0. The number of aryl methyl sites for hydroxylation is 1. The van der Waals surface area contributed by atoms with Crippen LogP contribution in [0.15, 0.2) is 54.6 Å². The summed E-state index contributed by atoms with van der Waals surface area (Å²) in [7, 11) is 0. The molecule has 0 saturated carbocycles. The van der Waals surface area contributed by atoms with Crippen molar-refractivity contribution in [1.29, 1.82) is 0 Å². The molecule has 1 amide bonds. The van der Waals surface area contributed by atoms with Crippen LogP contribution in [0.5, 0.6) is 0 Å². The van der Waals surface area contributed by atoms with Gasteiger partial charge in [0.25, 0.3) is 0 Å². The third-order valence-corrected chi connectivity index (χ3v) is 6.35. The molecule has 2 unspecified atom stereocenters. The highest BCUT2D eigenvalue weighted by Gasteiger charge is 2.36. The first-order chi connectivity index (χ1) is 14.7. The van der Waals surface area contributed by atoms with Crippen molar-refractivity contribution in [2.75, 3.05) is 39.4 Å². The van der Waals surface area contributed by atoms with Crippen molar-refractivity contribution >= 4 is 17.7 Å². The van der Waals surface area contributed by atoms with Crippen molar-refractivity contribution in [3.63, 3.8) is 0 Å². The van der Waals surface area contributed by atoms with Gasteiger partial charge in [-0.15, -0.1) is 0 Å². The van der Waals surface area contributed by atoms with E-state index in [4.69, 9.17) is 21.1 Å². The van der Waals surface area contributed by atoms with Crippen molar-refractivity contribution in [1.82, 2.24) is 9.80 Å². The first-order valence-corrected chi connectivity index (χ1v) is 11.1. The Morgan fingerprint density at radius 1 is 1.03 bits per heavy atom. The fraction of sp³-hybridized carbons (Fsp3) is 0.458. The van der Waals surface area contributed by atoms with Gasteiger partial charge in [0.15, 0.2) is 0 Å². The number of carbonyl (C=O) groups excluding carboxylic acids is 1. The molecule has 160 valence electrons. The number of cyclic esters (lactones) is 1. The van der Waals surface area contributed by atoms with Gasteiger partial charge in [-0.25, -0.2) is 4.79 Å². The SMILES string of the molecule is O=C1OC(CCc2ccccc2Cl)CN1C(CCN1CCOCC1)c1ccccc1. The number of hydrogen-bond donors (Lipinski definition) is 0. The highest BCUT2D eigenvalue weighted by atomic mass is 35.5. The van der Waals surface area contributed by atoms with Crippen molar-refractivity contribution in [3.05, 3.63) is 70.7 Å². The molecule has 2 aliphatic rings. The summed E-state index contributed by atoms with van der Waals surface area (Å²) in [5.41, 5.74) is 2.26. The number of amides is 1. The molecule has 0 radical (unpaired) electrons. The summed E-state index contributed by atoms with van der Waals surface area (Å²) < 4.78 is 11.2. The molecule has 2 heterocycles. The summed E-state index contributed by atoms with van der Waals surface area (Å²) >= 11 is 6.28. The molecule has 0 bridgehead atoms. The van der Waals surface area contributed by atoms with Gasteiger partial charge in [0.2, 0.25) is 0 Å². The highest BCUT2D eigenvalue weighted by molar-refractivity contribution is 6.31. The molecule has 0 N–H and O–H groups in total. The summed E-state index contributed by atoms with van der Waals surface area (Å²) in [6.07, 6.45) is 2.14. The molecular formula is C24H29ClN2O3. The van der Waals surface area contributed by atoms with Crippen molar-refractivity contribution < 1.29 is 14.3 Å². The Labute approximate surface area is 183 Å². The topological polar surface area (TPSA) is 42.0 Å². The largest absolute Gasteiger partial charge is 0.444 e. The Kier molecular flexibility index (Phi) is 7.26. The molecule has 5 nitrogen and oxygen atoms in total. The quantitative estimate of drug-likeness (QED) is 0.618. The van der Waals surface area contributed by atoms with E-state index in [-0.39, 0.29) is 18.2 Å². The van der Waals surface area contributed by atoms with Crippen LogP contribution in [0.1, 0.15) is 30.0 Å². The molecule has 6 heteroatoms. The van der Waals surface area contributed by atoms with E-state index in [1.54, 1.807) is 0 Å². The minimum Gasteiger partial charge on any atom is -0.444 e. The van der Waals surface area contributed by atoms with Gasteiger partial charge in [-0.2, -0.15) is 0 Å². The number of morpholine rings is 1. The fourth-order valence-corrected chi connectivity index (χ4v) is 4.50. The average molecular weight is 429 g/mol. The van der Waals surface area contributed by atoms with Crippen molar-refractivity contribution in [3.8, 4) is 0 Å². The second kappa shape index (κ2) is 10.3. The molecule has 2 saturated heterocycles. The maximum atomic E-state index is 12.8. The fourth-order valence-electron chi connectivity index (χ4n) is 4.27. The van der Waals surface area contributed by atoms with Gasteiger partial charge in [0.05, 0.1) is 25.8 Å². The standard InChI is InChI=1S/C24H29ClN2O3/c25-22-9-5-4-6-19(22)10-11-21-18-27(24(28)30-21)23(20-7-2-1-3-8-20)12-13-26-14-16-29-17-15-26/h1-9,21,23H,10-18H2. The van der Waals surface area contributed by atoms with E-state index in [9.17, 15) is 4.79 Å². The third kappa shape index (κ3) is 5.34. The molecule has 0 aromatic heterocycles. The Morgan fingerprint density at radius 2 is 1.77 bits per heavy atom. The van der Waals surface area contributed by atoms with Crippen LogP contribution in [0.25, 0.3) is 0 Å². The predicted octanol–water partition coefficient (Wildman–Crippen LogP) is 4.56. The second-order valence-corrected chi connectivity index (χ2v) is 8.36. The van der Waals surface area contributed by atoms with Gasteiger partial charge in [-0.05, 0) is 36.5 Å². The first kappa shape index (κ1) is 21.2. The zero-order valence-electron chi connectivity index (χ0n) is 17.2. The van der Waals surface area contributed by atoms with Crippen LogP contribution < -0.4 is 0 Å². The molecular weight excluding hydrogens is 400 g/mol. The molecule has 2 atom stereocenters. The molecule has 0 spiro atoms. The van der Waals surface area contributed by atoms with Gasteiger partial charge in [-0.1, -0.05) is 60.1 Å². The van der Waals surface area contributed by atoms with Crippen LogP contribution in [0.3, 0.4) is 0 Å². The summed E-state index contributed by atoms with van der Waals surface area (Å²) in [6, 6.07) is 18.2. The number of halogens is 1. The van der Waals surface area contributed by atoms with Gasteiger partial charge < -0.3 is 9.47 Å². The number of rotatable bonds is 8. The molecule has 2 aliphatic heterocycles. The molecule has 2 fully saturated rings. The molecule has 4 rings (SSSR count). The van der Waals surface area contributed by atoms with E-state index in [0.717, 1.165) is 68.3 Å².